The minimum absolute atomic E-state index is 0.182. The number of fused-ring (bicyclic) bond motifs is 1. The van der Waals surface area contributed by atoms with Crippen molar-refractivity contribution >= 4 is 54.9 Å². The quantitative estimate of drug-likeness (QED) is 0.463. The van der Waals surface area contributed by atoms with E-state index in [4.69, 9.17) is 9.47 Å². The maximum Gasteiger partial charge on any atom is 0.243 e. The number of hydrogen-bond donors (Lipinski definition) is 1. The van der Waals surface area contributed by atoms with E-state index in [-0.39, 0.29) is 16.1 Å². The number of amides is 1. The highest BCUT2D eigenvalue weighted by Gasteiger charge is 2.26. The number of anilines is 1. The molecule has 1 aliphatic heterocycles. The fourth-order valence-electron chi connectivity index (χ4n) is 3.29. The smallest absolute Gasteiger partial charge is 0.243 e. The molecule has 1 atom stereocenters. The van der Waals surface area contributed by atoms with Gasteiger partial charge in [0.15, 0.2) is 4.34 Å². The molecule has 11 heteroatoms. The lowest BCUT2D eigenvalue weighted by molar-refractivity contribution is -0.115. The van der Waals surface area contributed by atoms with Crippen LogP contribution < -0.4 is 10.1 Å². The number of carbonyl (C=O) groups is 1. The van der Waals surface area contributed by atoms with E-state index in [9.17, 15) is 13.2 Å². The lowest BCUT2D eigenvalue weighted by Gasteiger charge is -2.26. The van der Waals surface area contributed by atoms with Gasteiger partial charge < -0.3 is 14.8 Å². The normalized spacial score (nSPS) is 15.9. The first-order valence-corrected chi connectivity index (χ1v) is 13.7. The summed E-state index contributed by atoms with van der Waals surface area (Å²) >= 11 is 2.90. The summed E-state index contributed by atoms with van der Waals surface area (Å²) in [6.07, 6.45) is 0. The Balaban J connectivity index is 1.38. The maximum atomic E-state index is 12.7. The average Bonchev–Trinajstić information content (AvgIpc) is 3.21. The molecule has 1 fully saturated rings. The molecule has 3 aromatic rings. The van der Waals surface area contributed by atoms with Crippen molar-refractivity contribution in [2.24, 2.45) is 0 Å². The van der Waals surface area contributed by atoms with Gasteiger partial charge in [0.25, 0.3) is 0 Å². The van der Waals surface area contributed by atoms with Gasteiger partial charge >= 0.3 is 0 Å². The lowest BCUT2D eigenvalue weighted by Crippen LogP contribution is -2.40. The number of morpholine rings is 1. The van der Waals surface area contributed by atoms with Crippen molar-refractivity contribution in [2.45, 2.75) is 28.3 Å². The van der Waals surface area contributed by atoms with Gasteiger partial charge in [0.05, 0.1) is 40.2 Å². The van der Waals surface area contributed by atoms with Gasteiger partial charge in [-0.1, -0.05) is 11.8 Å². The van der Waals surface area contributed by atoms with Crippen LogP contribution in [-0.2, 0) is 19.6 Å². The third-order valence-electron chi connectivity index (χ3n) is 5.03. The molecule has 176 valence electrons. The molecule has 0 saturated carbocycles. The van der Waals surface area contributed by atoms with Gasteiger partial charge in [0.1, 0.15) is 5.75 Å². The van der Waals surface area contributed by atoms with Crippen molar-refractivity contribution in [3.05, 3.63) is 42.5 Å². The Bertz CT molecular complexity index is 1220. The van der Waals surface area contributed by atoms with E-state index in [0.29, 0.717) is 38.6 Å². The summed E-state index contributed by atoms with van der Waals surface area (Å²) in [7, 11) is -3.56. The van der Waals surface area contributed by atoms with Crippen LogP contribution in [0.4, 0.5) is 5.69 Å². The fraction of sp³-hybridized carbons (Fsp3) is 0.364. The molecule has 8 nitrogen and oxygen atoms in total. The molecule has 0 unspecified atom stereocenters. The Labute approximate surface area is 201 Å². The molecule has 1 aromatic heterocycles. The first kappa shape index (κ1) is 24.0. The Morgan fingerprint density at radius 2 is 1.97 bits per heavy atom. The van der Waals surface area contributed by atoms with Gasteiger partial charge in [-0.15, -0.1) is 11.3 Å². The highest BCUT2D eigenvalue weighted by atomic mass is 32.2. The van der Waals surface area contributed by atoms with Gasteiger partial charge in [0, 0.05) is 18.8 Å². The summed E-state index contributed by atoms with van der Waals surface area (Å²) in [6.45, 7) is 5.83. The van der Waals surface area contributed by atoms with Crippen LogP contribution in [0, 0.1) is 0 Å². The third kappa shape index (κ3) is 5.67. The molecule has 1 N–H and O–H groups in total. The molecule has 1 aliphatic rings. The van der Waals surface area contributed by atoms with Crippen molar-refractivity contribution in [1.29, 1.82) is 0 Å². The van der Waals surface area contributed by atoms with Crippen LogP contribution in [0.5, 0.6) is 5.75 Å². The Morgan fingerprint density at radius 1 is 1.24 bits per heavy atom. The van der Waals surface area contributed by atoms with Crippen LogP contribution in [-0.4, -0.2) is 61.8 Å². The predicted molar refractivity (Wildman–Crippen MR) is 131 cm³/mol. The van der Waals surface area contributed by atoms with E-state index in [1.165, 1.54) is 39.5 Å². The van der Waals surface area contributed by atoms with Crippen molar-refractivity contribution in [1.82, 2.24) is 9.29 Å². The molecule has 2 aromatic carbocycles. The zero-order chi connectivity index (χ0) is 23.4. The van der Waals surface area contributed by atoms with Crippen molar-refractivity contribution < 1.29 is 22.7 Å². The summed E-state index contributed by atoms with van der Waals surface area (Å²) in [5.74, 6) is 0.619. The number of thiazole rings is 1. The topological polar surface area (TPSA) is 97.8 Å². The van der Waals surface area contributed by atoms with Crippen LogP contribution in [0.3, 0.4) is 0 Å². The number of ether oxygens (including phenoxy) is 2. The number of benzene rings is 2. The highest BCUT2D eigenvalue weighted by molar-refractivity contribution is 8.02. The molecule has 0 aliphatic carbocycles. The summed E-state index contributed by atoms with van der Waals surface area (Å²) in [6, 6.07) is 12.0. The van der Waals surface area contributed by atoms with Crippen molar-refractivity contribution in [3.8, 4) is 5.75 Å². The van der Waals surface area contributed by atoms with E-state index in [0.717, 1.165) is 20.3 Å². The average molecular weight is 508 g/mol. The molecule has 2 heterocycles. The predicted octanol–water partition coefficient (Wildman–Crippen LogP) is 3.84. The van der Waals surface area contributed by atoms with Crippen LogP contribution in [0.25, 0.3) is 10.2 Å². The first-order valence-electron chi connectivity index (χ1n) is 10.6. The Hall–Kier alpha value is -2.18. The largest absolute Gasteiger partial charge is 0.494 e. The van der Waals surface area contributed by atoms with E-state index < -0.39 is 10.0 Å². The zero-order valence-electron chi connectivity index (χ0n) is 18.3. The molecule has 1 amide bonds. The summed E-state index contributed by atoms with van der Waals surface area (Å²) in [4.78, 5) is 17.5. The van der Waals surface area contributed by atoms with Gasteiger partial charge in [-0.3, -0.25) is 4.79 Å². The van der Waals surface area contributed by atoms with Gasteiger partial charge in [-0.25, -0.2) is 13.4 Å². The van der Waals surface area contributed by atoms with Gasteiger partial charge in [-0.2, -0.15) is 4.31 Å². The zero-order valence-corrected chi connectivity index (χ0v) is 20.8. The highest BCUT2D eigenvalue weighted by Crippen LogP contribution is 2.34. The molecule has 4 rings (SSSR count). The number of sulfonamides is 1. The number of thioether (sulfide) groups is 1. The fourth-order valence-corrected chi connectivity index (χ4v) is 6.93. The van der Waals surface area contributed by atoms with E-state index in [2.05, 4.69) is 10.3 Å². The second kappa shape index (κ2) is 10.4. The molecular weight excluding hydrogens is 482 g/mol. The summed E-state index contributed by atoms with van der Waals surface area (Å²) in [5.41, 5.74) is 1.41. The standard InChI is InChI=1S/C22H25N3O5S3/c1-3-30-17-6-9-19-20(14-17)32-22(24-19)31-15(2)21(26)23-16-4-7-18(8-5-16)33(27,28)25-10-12-29-13-11-25/h4-9,14-15H,3,10-13H2,1-2H3,(H,23,26)/t15-/m0/s1. The minimum atomic E-state index is -3.56. The number of aromatic nitrogens is 1. The van der Waals surface area contributed by atoms with Gasteiger partial charge in [0.2, 0.25) is 15.9 Å². The summed E-state index contributed by atoms with van der Waals surface area (Å²) in [5, 5.41) is 2.47. The Kier molecular flexibility index (Phi) is 7.55. The molecule has 1 saturated heterocycles. The molecular formula is C22H25N3O5S3. The second-order valence-corrected chi connectivity index (χ2v) is 11.9. The van der Waals surface area contributed by atoms with Crippen LogP contribution in [0.2, 0.25) is 0 Å². The second-order valence-electron chi connectivity index (χ2n) is 7.33. The van der Waals surface area contributed by atoms with E-state index in [1.54, 1.807) is 12.1 Å². The van der Waals surface area contributed by atoms with Gasteiger partial charge in [-0.05, 0) is 56.3 Å². The number of nitrogens with one attached hydrogen (secondary N) is 1. The van der Waals surface area contributed by atoms with E-state index >= 15 is 0 Å². The molecule has 0 spiro atoms. The maximum absolute atomic E-state index is 12.7. The number of rotatable bonds is 8. The molecule has 0 radical (unpaired) electrons. The molecule has 0 bridgehead atoms. The first-order chi connectivity index (χ1) is 15.9. The number of nitrogens with zero attached hydrogens (tertiary/aromatic N) is 2. The third-order valence-corrected chi connectivity index (χ3v) is 9.15. The lowest BCUT2D eigenvalue weighted by atomic mass is 10.3. The SMILES string of the molecule is CCOc1ccc2nc(S[C@@H](C)C(=O)Nc3ccc(S(=O)(=O)N4CCOCC4)cc3)sc2c1. The number of hydrogen-bond acceptors (Lipinski definition) is 8. The number of carbonyl (C=O) groups excluding carboxylic acids is 1. The van der Waals surface area contributed by atoms with Crippen molar-refractivity contribution in [3.63, 3.8) is 0 Å². The van der Waals surface area contributed by atoms with E-state index in [1.807, 2.05) is 32.0 Å². The van der Waals surface area contributed by atoms with Crippen LogP contribution in [0.15, 0.2) is 51.7 Å². The van der Waals surface area contributed by atoms with Crippen LogP contribution in [0.1, 0.15) is 13.8 Å². The summed E-state index contributed by atoms with van der Waals surface area (Å²) < 4.78 is 39.4. The van der Waals surface area contributed by atoms with Crippen LogP contribution >= 0.6 is 23.1 Å². The molecule has 33 heavy (non-hydrogen) atoms. The monoisotopic (exact) mass is 507 g/mol. The van der Waals surface area contributed by atoms with Crippen molar-refractivity contribution in [2.75, 3.05) is 38.2 Å². The Morgan fingerprint density at radius 3 is 2.67 bits per heavy atom. The minimum Gasteiger partial charge on any atom is -0.494 e.